The molecule has 17 heavy (non-hydrogen) atoms. The molecule has 2 rings (SSSR count). The van der Waals surface area contributed by atoms with Crippen molar-refractivity contribution in [2.75, 3.05) is 18.5 Å². The molecule has 0 bridgehead atoms. The number of hydrogen-bond donors (Lipinski definition) is 2. The summed E-state index contributed by atoms with van der Waals surface area (Å²) < 4.78 is 5.30. The van der Waals surface area contributed by atoms with E-state index in [-0.39, 0.29) is 23.8 Å². The van der Waals surface area contributed by atoms with Crippen LogP contribution in [0.5, 0.6) is 0 Å². The van der Waals surface area contributed by atoms with E-state index in [1.165, 1.54) is 6.07 Å². The van der Waals surface area contributed by atoms with Crippen molar-refractivity contribution in [3.63, 3.8) is 0 Å². The number of aromatic nitrogens is 1. The van der Waals surface area contributed by atoms with Gasteiger partial charge in [0.25, 0.3) is 11.7 Å². The van der Waals surface area contributed by atoms with Crippen molar-refractivity contribution in [1.29, 1.82) is 0 Å². The average Bonchev–Trinajstić information content (AvgIpc) is 2.71. The maximum Gasteiger partial charge on any atom is 0.298 e. The van der Waals surface area contributed by atoms with Crippen LogP contribution in [0.3, 0.4) is 0 Å². The van der Waals surface area contributed by atoms with Crippen molar-refractivity contribution in [3.05, 3.63) is 28.3 Å². The van der Waals surface area contributed by atoms with Crippen LogP contribution in [0.1, 0.15) is 6.42 Å². The minimum absolute atomic E-state index is 0.0629. The second-order valence-electron chi connectivity index (χ2n) is 3.40. The summed E-state index contributed by atoms with van der Waals surface area (Å²) in [6.07, 6.45) is 0.556. The number of fused-ring (bicyclic) bond motifs is 1. The molecule has 0 atom stereocenters. The molecule has 0 spiro atoms. The molecule has 7 nitrogen and oxygen atoms in total. The number of hydrogen-bond acceptors (Lipinski definition) is 6. The number of aliphatic hydroxyl groups is 1. The quantitative estimate of drug-likeness (QED) is 0.464. The molecule has 0 saturated heterocycles. The number of nitrogens with zero attached hydrogens (tertiary/aromatic N) is 2. The van der Waals surface area contributed by atoms with E-state index in [4.69, 9.17) is 9.52 Å². The maximum absolute atomic E-state index is 10.8. The second kappa shape index (κ2) is 4.79. The van der Waals surface area contributed by atoms with Crippen molar-refractivity contribution in [3.8, 4) is 0 Å². The summed E-state index contributed by atoms with van der Waals surface area (Å²) in [4.78, 5) is 14.3. The van der Waals surface area contributed by atoms with Crippen LogP contribution in [0.15, 0.2) is 22.6 Å². The van der Waals surface area contributed by atoms with E-state index in [2.05, 4.69) is 10.3 Å². The van der Waals surface area contributed by atoms with Gasteiger partial charge >= 0.3 is 0 Å². The Morgan fingerprint density at radius 2 is 2.35 bits per heavy atom. The molecule has 0 saturated carbocycles. The van der Waals surface area contributed by atoms with Crippen LogP contribution >= 0.6 is 0 Å². The lowest BCUT2D eigenvalue weighted by Crippen LogP contribution is -2.03. The Balaban J connectivity index is 2.30. The number of aliphatic hydroxyl groups excluding tert-OH is 1. The summed E-state index contributed by atoms with van der Waals surface area (Å²) in [6.45, 7) is 0.560. The number of non-ortho nitro benzene ring substituents is 1. The third kappa shape index (κ3) is 2.34. The fourth-order valence-corrected chi connectivity index (χ4v) is 1.43. The van der Waals surface area contributed by atoms with Crippen LogP contribution in [0.25, 0.3) is 11.1 Å². The van der Waals surface area contributed by atoms with E-state index in [0.717, 1.165) is 0 Å². The normalized spacial score (nSPS) is 10.6. The molecule has 0 aliphatic heterocycles. The van der Waals surface area contributed by atoms with E-state index in [9.17, 15) is 10.1 Å². The van der Waals surface area contributed by atoms with Gasteiger partial charge in [0, 0.05) is 19.2 Å². The summed E-state index contributed by atoms with van der Waals surface area (Å²) in [5.41, 5.74) is 0.510. The zero-order chi connectivity index (χ0) is 12.3. The summed E-state index contributed by atoms with van der Waals surface area (Å²) >= 11 is 0. The first-order valence-electron chi connectivity index (χ1n) is 5.11. The minimum atomic E-state index is -0.498. The number of nitro groups is 1. The number of nitrogens with one attached hydrogen (secondary N) is 1. The van der Waals surface area contributed by atoms with Gasteiger partial charge in [-0.2, -0.15) is 4.98 Å². The summed E-state index contributed by atoms with van der Waals surface area (Å²) in [6, 6.07) is 4.76. The van der Waals surface area contributed by atoms with Crippen LogP contribution in [0.2, 0.25) is 0 Å². The molecule has 90 valence electrons. The van der Waals surface area contributed by atoms with Crippen molar-refractivity contribution in [1.82, 2.24) is 4.98 Å². The molecular weight excluding hydrogens is 226 g/mol. The van der Waals surface area contributed by atoms with Gasteiger partial charge in [-0.1, -0.05) is 6.07 Å². The fraction of sp³-hybridized carbons (Fsp3) is 0.300. The Bertz CT molecular complexity index is 537. The van der Waals surface area contributed by atoms with Crippen LogP contribution in [-0.4, -0.2) is 28.2 Å². The number of rotatable bonds is 5. The first kappa shape index (κ1) is 11.3. The van der Waals surface area contributed by atoms with Gasteiger partial charge in [0.05, 0.1) is 4.92 Å². The van der Waals surface area contributed by atoms with Gasteiger partial charge in [-0.05, 0) is 12.5 Å². The molecule has 0 unspecified atom stereocenters. The summed E-state index contributed by atoms with van der Waals surface area (Å²) in [7, 11) is 0. The average molecular weight is 237 g/mol. The maximum atomic E-state index is 10.8. The van der Waals surface area contributed by atoms with Crippen molar-refractivity contribution in [2.24, 2.45) is 0 Å². The van der Waals surface area contributed by atoms with E-state index < -0.39 is 4.92 Å². The number of nitro benzene ring substituents is 1. The number of para-hydroxylation sites is 1. The molecule has 0 radical (unpaired) electrons. The predicted molar refractivity (Wildman–Crippen MR) is 60.9 cm³/mol. The number of anilines is 1. The van der Waals surface area contributed by atoms with Crippen LogP contribution in [0, 0.1) is 10.1 Å². The third-order valence-electron chi connectivity index (χ3n) is 2.21. The van der Waals surface area contributed by atoms with Gasteiger partial charge in [-0.15, -0.1) is 0 Å². The third-order valence-corrected chi connectivity index (χ3v) is 2.21. The SMILES string of the molecule is O=[N+]([O-])c1cccc2oc(NCCCO)nc12. The zero-order valence-electron chi connectivity index (χ0n) is 8.92. The molecule has 2 N–H and O–H groups in total. The summed E-state index contributed by atoms with van der Waals surface area (Å²) in [5.74, 6) is 0. The molecule has 7 heteroatoms. The van der Waals surface area contributed by atoms with Gasteiger partial charge in [0.1, 0.15) is 0 Å². The van der Waals surface area contributed by atoms with Crippen molar-refractivity contribution >= 4 is 22.8 Å². The topological polar surface area (TPSA) is 101 Å². The van der Waals surface area contributed by atoms with E-state index >= 15 is 0 Å². The van der Waals surface area contributed by atoms with E-state index in [1.807, 2.05) is 0 Å². The van der Waals surface area contributed by atoms with Gasteiger partial charge < -0.3 is 14.8 Å². The Morgan fingerprint density at radius 1 is 1.53 bits per heavy atom. The standard InChI is InChI=1S/C10H11N3O4/c14-6-2-5-11-10-12-9-7(13(15)16)3-1-4-8(9)17-10/h1,3-4,14H,2,5-6H2,(H,11,12). The smallest absolute Gasteiger partial charge is 0.298 e. The molecule has 0 aliphatic rings. The van der Waals surface area contributed by atoms with Crippen LogP contribution < -0.4 is 5.32 Å². The molecule has 2 aromatic rings. The lowest BCUT2D eigenvalue weighted by atomic mass is 10.3. The molecule has 1 aromatic carbocycles. The van der Waals surface area contributed by atoms with Crippen LogP contribution in [-0.2, 0) is 0 Å². The Kier molecular flexibility index (Phi) is 3.20. The lowest BCUT2D eigenvalue weighted by Gasteiger charge is -1.96. The highest BCUT2D eigenvalue weighted by atomic mass is 16.6. The minimum Gasteiger partial charge on any atom is -0.423 e. The highest BCUT2D eigenvalue weighted by molar-refractivity contribution is 5.83. The van der Waals surface area contributed by atoms with E-state index in [1.54, 1.807) is 12.1 Å². The lowest BCUT2D eigenvalue weighted by molar-refractivity contribution is -0.383. The Morgan fingerprint density at radius 3 is 3.06 bits per heavy atom. The Labute approximate surface area is 96.2 Å². The zero-order valence-corrected chi connectivity index (χ0v) is 8.92. The van der Waals surface area contributed by atoms with Gasteiger partial charge in [0.15, 0.2) is 11.1 Å². The van der Waals surface area contributed by atoms with Crippen molar-refractivity contribution < 1.29 is 14.4 Å². The molecule has 0 amide bonds. The molecular formula is C10H11N3O4. The van der Waals surface area contributed by atoms with E-state index in [0.29, 0.717) is 18.5 Å². The first-order chi connectivity index (χ1) is 8.22. The number of benzene rings is 1. The van der Waals surface area contributed by atoms with Gasteiger partial charge in [-0.3, -0.25) is 10.1 Å². The molecule has 1 heterocycles. The molecule has 0 aliphatic carbocycles. The largest absolute Gasteiger partial charge is 0.423 e. The van der Waals surface area contributed by atoms with Crippen LogP contribution in [0.4, 0.5) is 11.7 Å². The molecule has 1 aromatic heterocycles. The predicted octanol–water partition coefficient (Wildman–Crippen LogP) is 1.53. The summed E-state index contributed by atoms with van der Waals surface area (Å²) in [5, 5.41) is 22.2. The highest BCUT2D eigenvalue weighted by Gasteiger charge is 2.16. The fourth-order valence-electron chi connectivity index (χ4n) is 1.43. The van der Waals surface area contributed by atoms with Gasteiger partial charge in [-0.25, -0.2) is 0 Å². The number of oxazole rings is 1. The first-order valence-corrected chi connectivity index (χ1v) is 5.11. The van der Waals surface area contributed by atoms with Crippen molar-refractivity contribution in [2.45, 2.75) is 6.42 Å². The van der Waals surface area contributed by atoms with Gasteiger partial charge in [0.2, 0.25) is 0 Å². The molecule has 0 fully saturated rings. The monoisotopic (exact) mass is 237 g/mol. The highest BCUT2D eigenvalue weighted by Crippen LogP contribution is 2.27. The second-order valence-corrected chi connectivity index (χ2v) is 3.40. The Hall–Kier alpha value is -2.15.